The van der Waals surface area contributed by atoms with E-state index in [2.05, 4.69) is 16.6 Å². The molecule has 24 heteroatoms. The Morgan fingerprint density at radius 1 is 0.457 bits per heavy atom. The van der Waals surface area contributed by atoms with Gasteiger partial charge >= 0.3 is 53.7 Å². The largest absolute Gasteiger partial charge is 1.00 e. The van der Waals surface area contributed by atoms with E-state index in [9.17, 15) is 58.1 Å². The third-order valence-electron chi connectivity index (χ3n) is 12.1. The maximum atomic E-state index is 12.2. The summed E-state index contributed by atoms with van der Waals surface area (Å²) in [5.41, 5.74) is -7.41. The van der Waals surface area contributed by atoms with Crippen LogP contribution >= 0.6 is 0 Å². The fourth-order valence-electron chi connectivity index (χ4n) is 8.42. The molecule has 544 valence electrons. The van der Waals surface area contributed by atoms with Gasteiger partial charge in [0.05, 0.1) is 26.4 Å². The van der Waals surface area contributed by atoms with E-state index in [1.807, 2.05) is 111 Å². The summed E-state index contributed by atoms with van der Waals surface area (Å²) in [7, 11) is 1.31. The molecular weight excluding hydrogens is 1240 g/mol. The van der Waals surface area contributed by atoms with E-state index in [0.717, 1.165) is 6.08 Å². The zero-order chi connectivity index (χ0) is 71.4. The van der Waals surface area contributed by atoms with Crippen LogP contribution < -0.4 is 5.32 Å². The zero-order valence-corrected chi connectivity index (χ0v) is 62.3. The third-order valence-corrected chi connectivity index (χ3v) is 12.1. The van der Waals surface area contributed by atoms with Crippen LogP contribution in [0.25, 0.3) is 0 Å². The quantitative estimate of drug-likeness (QED) is 0.0160. The Morgan fingerprint density at radius 3 is 0.815 bits per heavy atom. The molecule has 0 atom stereocenters. The Bertz CT molecular complexity index is 2180. The molecule has 0 aromatic heterocycles. The molecule has 1 aliphatic heterocycles. The minimum Gasteiger partial charge on any atom is -1.00 e. The minimum atomic E-state index is -1.66. The molecule has 1 N–H and O–H groups in total. The van der Waals surface area contributed by atoms with E-state index in [1.165, 1.54) is 7.11 Å². The standard InChI is InChI=1S/C23H42O6.C22H39NO8.C18H31NO5.C4H6O2.CH3.Ni.H2.H/c1-20(2,3)27-17(24)11-14-23(10,15-12-18(25)28-21(4,5)6)16-13-19(26)29-22(7,8)9;1-19(2,3)29-16(24)10-13-22(23(27)28,14-11-17(25)30-20(4,5)6)15-12-18(26)31-21(7,8)9;1-16(2,3)23-14(21)8-11-18(10-7-13(20)19-18)12-9-15(22)24-17(4,5)6;1-3-4(5)6-2;;;;/h11-16H2,1-10H3;10-15H2,1-9H3;7-12H2,1-6H3,(H,19,20);3H,1H2,2H3;1H3;;1H;/q;;;;-1;;;-1/i;;;;;;1+1;1+2. The van der Waals surface area contributed by atoms with Gasteiger partial charge in [0.2, 0.25) is 11.4 Å². The van der Waals surface area contributed by atoms with Crippen molar-refractivity contribution in [3.63, 3.8) is 0 Å². The van der Waals surface area contributed by atoms with Gasteiger partial charge < -0.3 is 56.8 Å². The molecule has 0 bridgehead atoms. The van der Waals surface area contributed by atoms with Crippen LogP contribution in [0.5, 0.6) is 0 Å². The minimum absolute atomic E-state index is 0. The SMILES string of the molecule is C=CC(=O)OC.CC(C)(C)OC(=O)CCC(CCC(=O)OC(C)(C)C)(CCC(=O)OC(C)(C)C)[N+](=O)[O-].CC(C)(C)OC(=O)CCC1(CCC(=O)OC(C)(C)C)CCC(=O)N1.CC(CCC(=O)OC(C)(C)C)(CCC(=O)OC(C)(C)C)CCC(=O)OC(C)(C)C.[2HH].[3H-].[CH3-].[Ni]. The van der Waals surface area contributed by atoms with Gasteiger partial charge in [-0.25, -0.2) is 4.79 Å². The molecule has 0 radical (unpaired) electrons. The summed E-state index contributed by atoms with van der Waals surface area (Å²) >= 11 is 0. The Kier molecular flexibility index (Phi) is 41.9. The summed E-state index contributed by atoms with van der Waals surface area (Å²) < 4.78 is 46.7. The molecule has 1 aliphatic rings. The number of rotatable bonds is 26. The second kappa shape index (κ2) is 40.6. The van der Waals surface area contributed by atoms with Crippen LogP contribution in [0.2, 0.25) is 0 Å². The third kappa shape index (κ3) is 54.8. The number of methoxy groups -OCH3 is 1. The van der Waals surface area contributed by atoms with E-state index >= 15 is 0 Å². The normalized spacial score (nSPS) is 13.4. The fraction of sp³-hybridized carbons (Fsp3) is 0.809. The molecule has 1 fully saturated rings. The van der Waals surface area contributed by atoms with Crippen LogP contribution in [0.1, 0.15) is 292 Å². The van der Waals surface area contributed by atoms with Gasteiger partial charge in [0.15, 0.2) is 0 Å². The molecule has 0 aromatic carbocycles. The number of nitrogens with zero attached hydrogens (tertiary/aromatic N) is 1. The molecule has 0 aliphatic carbocycles. The van der Waals surface area contributed by atoms with Crippen LogP contribution in [0.4, 0.5) is 0 Å². The Labute approximate surface area is 564 Å². The van der Waals surface area contributed by atoms with Crippen LogP contribution in [0.3, 0.4) is 0 Å². The first kappa shape index (κ1) is 95.0. The summed E-state index contributed by atoms with van der Waals surface area (Å²) in [5.74, 6) is -3.58. The van der Waals surface area contributed by atoms with Crippen molar-refractivity contribution in [3.05, 3.63) is 30.2 Å². The van der Waals surface area contributed by atoms with E-state index < -0.39 is 84.7 Å². The van der Waals surface area contributed by atoms with Crippen LogP contribution in [-0.2, 0) is 107 Å². The zero-order valence-electron chi connectivity index (χ0n) is 62.3. The van der Waals surface area contributed by atoms with E-state index in [1.54, 1.807) is 62.3 Å². The van der Waals surface area contributed by atoms with Crippen LogP contribution in [-0.4, -0.2) is 128 Å². The second-order valence-electron chi connectivity index (χ2n) is 31.0. The van der Waals surface area contributed by atoms with Crippen molar-refractivity contribution >= 4 is 59.6 Å². The van der Waals surface area contributed by atoms with Crippen molar-refractivity contribution in [2.45, 2.75) is 345 Å². The number of carbonyl (C=O) groups excluding carboxylic acids is 10. The first-order valence-electron chi connectivity index (χ1n) is 31.1. The summed E-state index contributed by atoms with van der Waals surface area (Å²) in [6.07, 6.45) is 4.66. The van der Waals surface area contributed by atoms with Gasteiger partial charge in [-0.1, -0.05) is 13.5 Å². The molecule has 92 heavy (non-hydrogen) atoms. The van der Waals surface area contributed by atoms with Gasteiger partial charge in [-0.3, -0.25) is 53.3 Å². The molecule has 0 spiro atoms. The number of carbonyl (C=O) groups is 10. The molecule has 23 nitrogen and oxygen atoms in total. The Hall–Kier alpha value is -5.67. The van der Waals surface area contributed by atoms with Gasteiger partial charge in [0.1, 0.15) is 44.8 Å². The molecule has 0 aromatic rings. The molecule has 1 heterocycles. The summed E-state index contributed by atoms with van der Waals surface area (Å²) in [6.45, 7) is 47.9. The predicted octanol–water partition coefficient (Wildman–Crippen LogP) is 13.8. The number of ether oxygens (including phenoxy) is 9. The van der Waals surface area contributed by atoms with E-state index in [4.69, 9.17) is 37.9 Å². The Morgan fingerprint density at radius 2 is 0.663 bits per heavy atom. The smallest absolute Gasteiger partial charge is 0.329 e. The maximum Gasteiger partial charge on any atom is 0.329 e. The van der Waals surface area contributed by atoms with Crippen molar-refractivity contribution in [3.8, 4) is 0 Å². The molecule has 1 saturated heterocycles. The number of amides is 1. The van der Waals surface area contributed by atoms with Gasteiger partial charge in [-0.05, 0) is 210 Å². The average molecular weight is 1370 g/mol. The number of hydrogen-bond acceptors (Lipinski definition) is 21. The first-order chi connectivity index (χ1) is 40.2. The van der Waals surface area contributed by atoms with E-state index in [0.29, 0.717) is 44.9 Å². The number of nitro groups is 1. The summed E-state index contributed by atoms with van der Waals surface area (Å²) in [4.78, 5) is 130. The van der Waals surface area contributed by atoms with Crippen molar-refractivity contribution in [2.75, 3.05) is 7.11 Å². The Balaban J connectivity index is -0.000000227. The predicted molar refractivity (Wildman–Crippen MR) is 350 cm³/mol. The first-order valence-corrected chi connectivity index (χ1v) is 31.1. The molecule has 1 rings (SSSR count). The van der Waals surface area contributed by atoms with Crippen molar-refractivity contribution in [1.29, 1.82) is 0 Å². The monoisotopic (exact) mass is 1370 g/mol. The van der Waals surface area contributed by atoms with Gasteiger partial charge in [-0.15, -0.1) is 0 Å². The molecular formula is C68H124N2NiO21-2. The summed E-state index contributed by atoms with van der Waals surface area (Å²) in [6, 6.07) is 0. The molecule has 0 unspecified atom stereocenters. The molecule has 0 saturated carbocycles. The van der Waals surface area contributed by atoms with Gasteiger partial charge in [-0.2, -0.15) is 0 Å². The topological polar surface area (TPSA) is 309 Å². The van der Waals surface area contributed by atoms with Crippen LogP contribution in [0, 0.1) is 23.0 Å². The fourth-order valence-corrected chi connectivity index (χ4v) is 8.42. The number of nitrogens with one attached hydrogen (secondary N) is 1. The van der Waals surface area contributed by atoms with E-state index in [-0.39, 0.29) is 139 Å². The van der Waals surface area contributed by atoms with Crippen LogP contribution in [0.15, 0.2) is 12.7 Å². The van der Waals surface area contributed by atoms with Crippen molar-refractivity contribution < 1.29 is 115 Å². The number of hydrogen-bond donors (Lipinski definition) is 1. The summed E-state index contributed by atoms with van der Waals surface area (Å²) in [5, 5.41) is 15.0. The van der Waals surface area contributed by atoms with Gasteiger partial charge in [0, 0.05) is 92.2 Å². The van der Waals surface area contributed by atoms with Gasteiger partial charge in [0.25, 0.3) is 0 Å². The van der Waals surface area contributed by atoms with Crippen molar-refractivity contribution in [2.24, 2.45) is 5.41 Å². The maximum absolute atomic E-state index is 12.2. The second-order valence-corrected chi connectivity index (χ2v) is 31.0. The molecule has 1 amide bonds. The van der Waals surface area contributed by atoms with Crippen molar-refractivity contribution in [1.82, 2.24) is 5.32 Å². The average Bonchev–Trinajstić information content (AvgIpc) is 1.49. The number of esters is 9.